The van der Waals surface area contributed by atoms with Crippen molar-refractivity contribution in [2.45, 2.75) is 19.3 Å². The van der Waals surface area contributed by atoms with E-state index in [0.717, 1.165) is 5.69 Å². The van der Waals surface area contributed by atoms with Crippen LogP contribution in [0.1, 0.15) is 25.0 Å². The molecule has 8 aromatic rings. The molecule has 204 valence electrons. The zero-order valence-corrected chi connectivity index (χ0v) is 24.3. The second-order valence-electron chi connectivity index (χ2n) is 12.3. The summed E-state index contributed by atoms with van der Waals surface area (Å²) >= 11 is 0. The Morgan fingerprint density at radius 1 is 0.488 bits per heavy atom. The van der Waals surface area contributed by atoms with Gasteiger partial charge < -0.3 is 9.13 Å². The van der Waals surface area contributed by atoms with Crippen LogP contribution >= 0.6 is 0 Å². The average Bonchev–Trinajstić information content (AvgIpc) is 3.70. The maximum absolute atomic E-state index is 2.42. The molecule has 0 aliphatic heterocycles. The third kappa shape index (κ3) is 3.41. The number of benzene rings is 6. The van der Waals surface area contributed by atoms with Crippen LogP contribution < -0.4 is 0 Å². The third-order valence-corrected chi connectivity index (χ3v) is 9.56. The van der Waals surface area contributed by atoms with Crippen molar-refractivity contribution >= 4 is 32.7 Å². The quantitative estimate of drug-likeness (QED) is 0.207. The van der Waals surface area contributed by atoms with Crippen LogP contribution in [0.5, 0.6) is 0 Å². The summed E-state index contributed by atoms with van der Waals surface area (Å²) in [7, 11) is 0. The van der Waals surface area contributed by atoms with E-state index in [1.54, 1.807) is 0 Å². The Morgan fingerprint density at radius 3 is 2.07 bits per heavy atom. The molecule has 0 atom stereocenters. The number of aromatic nitrogens is 2. The zero-order chi connectivity index (χ0) is 28.7. The molecule has 0 unspecified atom stereocenters. The van der Waals surface area contributed by atoms with Gasteiger partial charge in [0, 0.05) is 39.1 Å². The number of hydrogen-bond donors (Lipinski definition) is 0. The Morgan fingerprint density at radius 2 is 1.21 bits per heavy atom. The topological polar surface area (TPSA) is 9.86 Å². The minimum Gasteiger partial charge on any atom is -0.315 e. The van der Waals surface area contributed by atoms with Crippen molar-refractivity contribution in [3.8, 4) is 33.6 Å². The van der Waals surface area contributed by atoms with Gasteiger partial charge in [0.05, 0.1) is 16.6 Å². The van der Waals surface area contributed by atoms with Gasteiger partial charge in [-0.25, -0.2) is 0 Å². The minimum atomic E-state index is -0.00544. The molecule has 1 aliphatic carbocycles. The van der Waals surface area contributed by atoms with Crippen molar-refractivity contribution in [2.24, 2.45) is 0 Å². The fourth-order valence-electron chi connectivity index (χ4n) is 7.43. The van der Waals surface area contributed by atoms with Gasteiger partial charge >= 0.3 is 0 Å². The molecule has 0 saturated carbocycles. The lowest BCUT2D eigenvalue weighted by Crippen LogP contribution is -2.14. The Kier molecular flexibility index (Phi) is 4.99. The average molecular weight is 551 g/mol. The van der Waals surface area contributed by atoms with E-state index in [9.17, 15) is 0 Å². The highest BCUT2D eigenvalue weighted by Crippen LogP contribution is 2.49. The molecule has 2 nitrogen and oxygen atoms in total. The maximum Gasteiger partial charge on any atom is 0.0788 e. The third-order valence-electron chi connectivity index (χ3n) is 9.56. The van der Waals surface area contributed by atoms with Gasteiger partial charge in [-0.1, -0.05) is 111 Å². The summed E-state index contributed by atoms with van der Waals surface area (Å²) in [4.78, 5) is 0. The molecule has 2 heteroatoms. The summed E-state index contributed by atoms with van der Waals surface area (Å²) in [5, 5.41) is 3.77. The molecule has 0 spiro atoms. The number of nitrogens with zero attached hydrogens (tertiary/aromatic N) is 2. The highest BCUT2D eigenvalue weighted by atomic mass is 15.0. The van der Waals surface area contributed by atoms with Gasteiger partial charge in [-0.2, -0.15) is 0 Å². The Labute approximate surface area is 251 Å². The molecule has 1 aliphatic rings. The van der Waals surface area contributed by atoms with Gasteiger partial charge in [0.2, 0.25) is 0 Å². The lowest BCUT2D eigenvalue weighted by Gasteiger charge is -2.22. The molecule has 0 N–H and O–H groups in total. The van der Waals surface area contributed by atoms with Gasteiger partial charge in [0.1, 0.15) is 0 Å². The molecule has 9 rings (SSSR count). The van der Waals surface area contributed by atoms with E-state index < -0.39 is 0 Å². The summed E-state index contributed by atoms with van der Waals surface area (Å²) in [5.74, 6) is 0. The predicted molar refractivity (Wildman–Crippen MR) is 181 cm³/mol. The molecular weight excluding hydrogens is 520 g/mol. The summed E-state index contributed by atoms with van der Waals surface area (Å²) in [6, 6.07) is 51.1. The van der Waals surface area contributed by atoms with Crippen molar-refractivity contribution in [1.82, 2.24) is 9.13 Å². The van der Waals surface area contributed by atoms with E-state index in [-0.39, 0.29) is 5.41 Å². The van der Waals surface area contributed by atoms with Gasteiger partial charge in [-0.15, -0.1) is 0 Å². The summed E-state index contributed by atoms with van der Waals surface area (Å²) in [6.45, 7) is 4.69. The highest BCUT2D eigenvalue weighted by Gasteiger charge is 2.35. The van der Waals surface area contributed by atoms with Crippen molar-refractivity contribution in [2.75, 3.05) is 0 Å². The van der Waals surface area contributed by atoms with Crippen molar-refractivity contribution in [3.05, 3.63) is 157 Å². The lowest BCUT2D eigenvalue weighted by atomic mass is 9.81. The largest absolute Gasteiger partial charge is 0.315 e. The first-order valence-electron chi connectivity index (χ1n) is 15.0. The molecule has 0 amide bonds. The SMILES string of the molecule is CC1(C)c2ccccc2-c2ccc(-c3ccc(-n4ccc5ccc6c7ccccc7n(-c7ccccc7)c6c54)cc3)cc21. The van der Waals surface area contributed by atoms with Crippen LogP contribution in [0.15, 0.2) is 146 Å². The summed E-state index contributed by atoms with van der Waals surface area (Å²) in [6.07, 6.45) is 2.21. The van der Waals surface area contributed by atoms with Crippen molar-refractivity contribution < 1.29 is 0 Å². The van der Waals surface area contributed by atoms with Crippen molar-refractivity contribution in [1.29, 1.82) is 0 Å². The van der Waals surface area contributed by atoms with Crippen LogP contribution in [0.4, 0.5) is 0 Å². The van der Waals surface area contributed by atoms with Crippen LogP contribution in [-0.4, -0.2) is 9.13 Å². The van der Waals surface area contributed by atoms with E-state index in [1.807, 2.05) is 0 Å². The molecule has 2 heterocycles. The van der Waals surface area contributed by atoms with Crippen LogP contribution in [0.3, 0.4) is 0 Å². The predicted octanol–water partition coefficient (Wildman–Crippen LogP) is 10.7. The molecular formula is C41H30N2. The highest BCUT2D eigenvalue weighted by molar-refractivity contribution is 6.18. The normalized spacial score (nSPS) is 13.5. The van der Waals surface area contributed by atoms with Gasteiger partial charge in [0.15, 0.2) is 0 Å². The van der Waals surface area contributed by atoms with Gasteiger partial charge in [0.25, 0.3) is 0 Å². The lowest BCUT2D eigenvalue weighted by molar-refractivity contribution is 0.660. The fraction of sp³-hybridized carbons (Fsp3) is 0.0732. The van der Waals surface area contributed by atoms with Gasteiger partial charge in [-0.3, -0.25) is 0 Å². The van der Waals surface area contributed by atoms with E-state index in [4.69, 9.17) is 0 Å². The first-order valence-corrected chi connectivity index (χ1v) is 15.0. The number of fused-ring (bicyclic) bond motifs is 8. The van der Waals surface area contributed by atoms with E-state index in [0.29, 0.717) is 0 Å². The Bertz CT molecular complexity index is 2350. The first kappa shape index (κ1) is 24.3. The van der Waals surface area contributed by atoms with Crippen LogP contribution in [-0.2, 0) is 5.41 Å². The summed E-state index contributed by atoms with van der Waals surface area (Å²) in [5.41, 5.74) is 14.0. The standard InChI is InChI=1S/C41H30N2/c1-41(2)36-14-8-6-12-32(36)33-22-19-29(26-37(33)41)27-16-20-30(21-17-27)42-25-24-28-18-23-35-34-13-7-9-15-38(34)43(40(35)39(28)42)31-10-4-3-5-11-31/h3-26H,1-2H3. The number of para-hydroxylation sites is 2. The molecule has 6 aromatic carbocycles. The zero-order valence-electron chi connectivity index (χ0n) is 24.3. The fourth-order valence-corrected chi connectivity index (χ4v) is 7.43. The summed E-state index contributed by atoms with van der Waals surface area (Å²) < 4.78 is 4.77. The molecule has 0 bridgehead atoms. The molecule has 0 fully saturated rings. The van der Waals surface area contributed by atoms with E-state index >= 15 is 0 Å². The minimum absolute atomic E-state index is 0.00544. The number of rotatable bonds is 3. The maximum atomic E-state index is 2.42. The Hall–Kier alpha value is -5.34. The molecule has 0 radical (unpaired) electrons. The van der Waals surface area contributed by atoms with Gasteiger partial charge in [-0.05, 0) is 75.8 Å². The molecule has 43 heavy (non-hydrogen) atoms. The smallest absolute Gasteiger partial charge is 0.0788 e. The number of hydrogen-bond acceptors (Lipinski definition) is 0. The van der Waals surface area contributed by atoms with Crippen molar-refractivity contribution in [3.63, 3.8) is 0 Å². The monoisotopic (exact) mass is 550 g/mol. The second kappa shape index (κ2) is 8.83. The van der Waals surface area contributed by atoms with Crippen LogP contribution in [0.2, 0.25) is 0 Å². The van der Waals surface area contributed by atoms with E-state index in [2.05, 4.69) is 169 Å². The van der Waals surface area contributed by atoms with Crippen LogP contribution in [0, 0.1) is 0 Å². The molecule has 2 aromatic heterocycles. The van der Waals surface area contributed by atoms with Crippen LogP contribution in [0.25, 0.3) is 66.3 Å². The Balaban J connectivity index is 1.20. The van der Waals surface area contributed by atoms with E-state index in [1.165, 1.54) is 71.8 Å². The first-order chi connectivity index (χ1) is 21.1. The second-order valence-corrected chi connectivity index (χ2v) is 12.3. The molecule has 0 saturated heterocycles.